The number of carboxylic acids is 4. The second-order valence-corrected chi connectivity index (χ2v) is 24.6. The molecular formula is C64H93N7O19. The average Bonchev–Trinajstić information content (AvgIpc) is 1.90. The zero-order valence-electron chi connectivity index (χ0n) is 52.6. The summed E-state index contributed by atoms with van der Waals surface area (Å²) >= 11 is 0. The van der Waals surface area contributed by atoms with Crippen molar-refractivity contribution in [2.75, 3.05) is 0 Å². The number of hydrogen-bond acceptors (Lipinski definition) is 16. The summed E-state index contributed by atoms with van der Waals surface area (Å²) in [6.07, 6.45) is -7.14. The molecule has 2 aromatic rings. The molecule has 0 saturated heterocycles. The highest BCUT2D eigenvalue weighted by Crippen LogP contribution is 2.23. The van der Waals surface area contributed by atoms with Crippen LogP contribution < -0.4 is 38.1 Å². The summed E-state index contributed by atoms with van der Waals surface area (Å²) in [5.41, 5.74) is 12.5. The molecule has 26 nitrogen and oxygen atoms in total. The Morgan fingerprint density at radius 2 is 0.867 bits per heavy atom. The van der Waals surface area contributed by atoms with E-state index in [1.165, 1.54) is 13.8 Å². The molecule has 0 aromatic heterocycles. The van der Waals surface area contributed by atoms with E-state index in [2.05, 4.69) is 26.6 Å². The van der Waals surface area contributed by atoms with Crippen LogP contribution >= 0.6 is 0 Å². The van der Waals surface area contributed by atoms with Crippen molar-refractivity contribution in [1.82, 2.24) is 26.6 Å². The predicted molar refractivity (Wildman–Crippen MR) is 327 cm³/mol. The summed E-state index contributed by atoms with van der Waals surface area (Å²) in [4.78, 5) is 183. The maximum absolute atomic E-state index is 14.7. The number of primary amides is 1. The van der Waals surface area contributed by atoms with Crippen molar-refractivity contribution in [3.63, 3.8) is 0 Å². The highest BCUT2D eigenvalue weighted by atomic mass is 16.4. The number of nitrogens with one attached hydrogen (secondary N) is 5. The largest absolute Gasteiger partial charge is 0.481 e. The Hall–Kier alpha value is -8.26. The first-order valence-electron chi connectivity index (χ1n) is 30.4. The maximum atomic E-state index is 14.7. The van der Waals surface area contributed by atoms with Gasteiger partial charge in [0.1, 0.15) is 0 Å². The fourth-order valence-electron chi connectivity index (χ4n) is 10.2. The van der Waals surface area contributed by atoms with Gasteiger partial charge >= 0.3 is 23.9 Å². The van der Waals surface area contributed by atoms with Crippen LogP contribution in [0.3, 0.4) is 0 Å². The van der Waals surface area contributed by atoms with Crippen LogP contribution in [0.2, 0.25) is 0 Å². The number of carbonyl (C=O) groups excluding carboxylic acids is 10. The number of ketones is 4. The highest BCUT2D eigenvalue weighted by Gasteiger charge is 2.37. The van der Waals surface area contributed by atoms with Crippen molar-refractivity contribution < 1.29 is 92.7 Å². The molecule has 0 saturated carbocycles. The van der Waals surface area contributed by atoms with E-state index in [0.717, 1.165) is 0 Å². The Balaban J connectivity index is 2.40. The lowest BCUT2D eigenvalue weighted by Gasteiger charge is -2.30. The summed E-state index contributed by atoms with van der Waals surface area (Å²) in [5, 5.41) is 62.4. The number of carboxylic acid groups (broad SMARTS) is 4. The van der Waals surface area contributed by atoms with Crippen LogP contribution in [0, 0.1) is 47.3 Å². The number of benzene rings is 2. The lowest BCUT2D eigenvalue weighted by Crippen LogP contribution is -2.51. The molecule has 0 aliphatic heterocycles. The first-order chi connectivity index (χ1) is 42.1. The molecule has 6 amide bonds. The van der Waals surface area contributed by atoms with E-state index < -0.39 is 218 Å². The first kappa shape index (κ1) is 77.8. The summed E-state index contributed by atoms with van der Waals surface area (Å²) in [6, 6.07) is 9.72. The van der Waals surface area contributed by atoms with Crippen molar-refractivity contribution >= 4 is 82.5 Å². The Kier molecular flexibility index (Phi) is 33.7. The fourth-order valence-corrected chi connectivity index (χ4v) is 10.2. The number of aliphatic hydroxyl groups is 1. The molecule has 0 unspecified atom stereocenters. The Morgan fingerprint density at radius 3 is 1.38 bits per heavy atom. The molecule has 26 heteroatoms. The van der Waals surface area contributed by atoms with E-state index in [0.29, 0.717) is 11.1 Å². The summed E-state index contributed by atoms with van der Waals surface area (Å²) in [7, 11) is 0. The highest BCUT2D eigenvalue weighted by molar-refractivity contribution is 5.98. The minimum atomic E-state index is -1.50. The molecule has 12 atom stereocenters. The van der Waals surface area contributed by atoms with E-state index in [1.807, 2.05) is 0 Å². The van der Waals surface area contributed by atoms with Gasteiger partial charge in [-0.2, -0.15) is 0 Å². The number of amides is 6. The van der Waals surface area contributed by atoms with Crippen LogP contribution in [0.15, 0.2) is 60.7 Å². The molecule has 0 fully saturated rings. The van der Waals surface area contributed by atoms with Crippen LogP contribution in [0.5, 0.6) is 0 Å². The Bertz CT molecular complexity index is 2790. The Labute approximate surface area is 524 Å². The van der Waals surface area contributed by atoms with Gasteiger partial charge in [-0.1, -0.05) is 116 Å². The third-order valence-corrected chi connectivity index (χ3v) is 15.2. The van der Waals surface area contributed by atoms with Crippen LogP contribution in [-0.2, 0) is 80.0 Å². The van der Waals surface area contributed by atoms with Crippen molar-refractivity contribution in [2.24, 2.45) is 58.8 Å². The van der Waals surface area contributed by atoms with Gasteiger partial charge in [-0.3, -0.25) is 67.1 Å². The molecule has 0 radical (unpaired) electrons. The van der Waals surface area contributed by atoms with Crippen molar-refractivity contribution in [1.29, 1.82) is 0 Å². The zero-order valence-corrected chi connectivity index (χ0v) is 52.6. The molecule has 14 N–H and O–H groups in total. The molecule has 90 heavy (non-hydrogen) atoms. The third-order valence-electron chi connectivity index (χ3n) is 15.2. The number of aliphatic carboxylic acids is 4. The minimum Gasteiger partial charge on any atom is -0.481 e. The number of carbonyl (C=O) groups is 14. The second-order valence-electron chi connectivity index (χ2n) is 24.6. The predicted octanol–water partition coefficient (Wildman–Crippen LogP) is 2.84. The van der Waals surface area contributed by atoms with E-state index in [9.17, 15) is 87.5 Å². The monoisotopic (exact) mass is 1260 g/mol. The second kappa shape index (κ2) is 39.0. The van der Waals surface area contributed by atoms with Gasteiger partial charge in [0.2, 0.25) is 35.4 Å². The van der Waals surface area contributed by atoms with Gasteiger partial charge in [0, 0.05) is 56.3 Å². The van der Waals surface area contributed by atoms with E-state index in [1.54, 1.807) is 102 Å². The number of rotatable bonds is 45. The third kappa shape index (κ3) is 29.4. The van der Waals surface area contributed by atoms with Gasteiger partial charge in [-0.15, -0.1) is 0 Å². The van der Waals surface area contributed by atoms with Gasteiger partial charge in [-0.05, 0) is 73.8 Å². The molecule has 2 aromatic carbocycles. The van der Waals surface area contributed by atoms with Crippen molar-refractivity contribution in [3.05, 3.63) is 71.8 Å². The molecule has 2 rings (SSSR count). The number of Topliss-reactive ketones (excluding diaryl/α,β-unsaturated/α-hetero) is 4. The molecular weight excluding hydrogens is 1170 g/mol. The van der Waals surface area contributed by atoms with E-state index >= 15 is 0 Å². The average molecular weight is 1260 g/mol. The molecule has 0 spiro atoms. The van der Waals surface area contributed by atoms with Gasteiger partial charge in [0.25, 0.3) is 0 Å². The molecule has 0 aliphatic carbocycles. The first-order valence-corrected chi connectivity index (χ1v) is 30.4. The number of nitrogens with two attached hydrogens (primary N) is 2. The normalized spacial score (nSPS) is 15.4. The van der Waals surface area contributed by atoms with E-state index in [-0.39, 0.29) is 50.4 Å². The topological polar surface area (TPSA) is 452 Å². The maximum Gasteiger partial charge on any atom is 0.304 e. The smallest absolute Gasteiger partial charge is 0.304 e. The zero-order chi connectivity index (χ0) is 68.1. The number of aliphatic hydroxyl groups excluding tert-OH is 1. The van der Waals surface area contributed by atoms with Gasteiger partial charge in [-0.25, -0.2) is 0 Å². The minimum absolute atomic E-state index is 0.00984. The quantitative estimate of drug-likeness (QED) is 0.0453. The lowest BCUT2D eigenvalue weighted by atomic mass is 9.87. The van der Waals surface area contributed by atoms with Gasteiger partial charge in [0.15, 0.2) is 23.1 Å². The van der Waals surface area contributed by atoms with Crippen LogP contribution in [0.1, 0.15) is 150 Å². The molecule has 0 heterocycles. The molecule has 0 aliphatic rings. The Morgan fingerprint density at radius 1 is 0.422 bits per heavy atom. The number of hydrogen-bond donors (Lipinski definition) is 12. The fraction of sp³-hybridized carbons (Fsp3) is 0.594. The summed E-state index contributed by atoms with van der Waals surface area (Å²) < 4.78 is 0. The van der Waals surface area contributed by atoms with E-state index in [4.69, 9.17) is 16.6 Å². The van der Waals surface area contributed by atoms with Crippen LogP contribution in [0.4, 0.5) is 0 Å². The molecule has 0 bridgehead atoms. The SMILES string of the molecule is CC(C)C[C@H](NC(=O)[C@@H](N)CCC(=O)O)C(=O)C[C@@H](CC(=O)O)C(=O)N[C@@H](CC(C)C)[C@@H](O)C[C@@H](C)C(=O)N[C@H](C(=O)C[C@@H](Cc1ccccc1)C(=O)N[C@@H](Cc1ccccc1)C(=O)C[C@@H](C)C(=O)N[C@@H](CCC(=O)O)C(=O)C[C@@H](CC(=O)O)C(N)=O)C(C)C. The van der Waals surface area contributed by atoms with Gasteiger partial charge < -0.3 is 63.6 Å². The summed E-state index contributed by atoms with van der Waals surface area (Å²) in [5.74, 6) is -20.3. The van der Waals surface area contributed by atoms with Crippen LogP contribution in [-0.4, -0.2) is 150 Å². The van der Waals surface area contributed by atoms with Crippen molar-refractivity contribution in [3.8, 4) is 0 Å². The lowest BCUT2D eigenvalue weighted by molar-refractivity contribution is -0.143. The van der Waals surface area contributed by atoms with Crippen LogP contribution in [0.25, 0.3) is 0 Å². The van der Waals surface area contributed by atoms with Gasteiger partial charge in [0.05, 0.1) is 67.0 Å². The standard InChI is InChI=1S/C64H93N7O19/c1-34(2)23-46(68-63(89)43(33-57(83)84)30-52(75)47(24-35(3)4)70-64(90)44(65)19-21-54(77)78)49(72)26-38(8)61(87)71-58(36(5)6)53(76)31-42(27-39-15-11-9-12-16-39)62(88)69-48(28-40-17-13-10-14-18-40)50(73)25-37(7)60(86)67-45(20-22-55(79)80)51(74)29-41(59(66)85)32-56(81)82/h9-18,34-38,41-49,58,72H,19-33,65H2,1-8H3,(H2,66,85)(H,67,86)(H,68,89)(H,69,88)(H,70,90)(H,71,87)(H,77,78)(H,79,80)(H,81,82)(H,83,84)/t37-,38-,41+,42-,43+,44+,45+,46+,47+,48+,49+,58+/m1/s1. The molecule has 498 valence electrons. The van der Waals surface area contributed by atoms with Crippen molar-refractivity contribution in [2.45, 2.75) is 194 Å². The summed E-state index contributed by atoms with van der Waals surface area (Å²) in [6.45, 7) is 13.3.